The summed E-state index contributed by atoms with van der Waals surface area (Å²) in [6, 6.07) is 13.6. The van der Waals surface area contributed by atoms with Crippen LogP contribution in [0.5, 0.6) is 0 Å². The van der Waals surface area contributed by atoms with E-state index >= 15 is 0 Å². The molecule has 1 aliphatic rings. The van der Waals surface area contributed by atoms with Crippen molar-refractivity contribution in [1.29, 1.82) is 0 Å². The predicted molar refractivity (Wildman–Crippen MR) is 95.0 cm³/mol. The quantitative estimate of drug-likeness (QED) is 0.744. The van der Waals surface area contributed by atoms with Gasteiger partial charge in [-0.2, -0.15) is 0 Å². The van der Waals surface area contributed by atoms with E-state index in [9.17, 15) is 4.79 Å². The standard InChI is InChI=1S/C17H15Cl2NOS/c1-2-11-3-6-13(7-4-11)20-16(21)10-22-17(20)14-8-5-12(18)9-15(14)19/h3-9,17H,2,10H2,1H3. The second-order valence-electron chi connectivity index (χ2n) is 5.11. The Balaban J connectivity index is 1.98. The minimum atomic E-state index is -0.107. The summed E-state index contributed by atoms with van der Waals surface area (Å²) >= 11 is 13.9. The first-order valence-electron chi connectivity index (χ1n) is 7.07. The molecule has 5 heteroatoms. The number of rotatable bonds is 3. The monoisotopic (exact) mass is 351 g/mol. The molecular formula is C17H15Cl2NOS. The summed E-state index contributed by atoms with van der Waals surface area (Å²) < 4.78 is 0. The molecule has 1 aliphatic heterocycles. The van der Waals surface area contributed by atoms with Gasteiger partial charge >= 0.3 is 0 Å². The summed E-state index contributed by atoms with van der Waals surface area (Å²) in [5.41, 5.74) is 3.08. The molecular weight excluding hydrogens is 337 g/mol. The first-order chi connectivity index (χ1) is 10.6. The van der Waals surface area contributed by atoms with Crippen LogP contribution in [-0.4, -0.2) is 11.7 Å². The third-order valence-corrected chi connectivity index (χ3v) is 5.48. The molecule has 1 saturated heterocycles. The molecule has 1 unspecified atom stereocenters. The molecule has 0 spiro atoms. The fourth-order valence-electron chi connectivity index (χ4n) is 2.53. The van der Waals surface area contributed by atoms with Crippen LogP contribution in [0.25, 0.3) is 0 Å². The van der Waals surface area contributed by atoms with Crippen LogP contribution >= 0.6 is 35.0 Å². The van der Waals surface area contributed by atoms with Gasteiger partial charge in [0.25, 0.3) is 0 Å². The number of benzene rings is 2. The largest absolute Gasteiger partial charge is 0.295 e. The summed E-state index contributed by atoms with van der Waals surface area (Å²) in [4.78, 5) is 14.1. The maximum Gasteiger partial charge on any atom is 0.238 e. The molecule has 0 bridgehead atoms. The molecule has 1 atom stereocenters. The summed E-state index contributed by atoms with van der Waals surface area (Å²) in [7, 11) is 0. The Kier molecular flexibility index (Phi) is 4.67. The van der Waals surface area contributed by atoms with Gasteiger partial charge in [0.15, 0.2) is 0 Å². The van der Waals surface area contributed by atoms with Crippen LogP contribution in [-0.2, 0) is 11.2 Å². The number of nitrogens with zero attached hydrogens (tertiary/aromatic N) is 1. The molecule has 1 heterocycles. The minimum Gasteiger partial charge on any atom is -0.295 e. The number of anilines is 1. The second kappa shape index (κ2) is 6.53. The fraction of sp³-hybridized carbons (Fsp3) is 0.235. The van der Waals surface area contributed by atoms with Gasteiger partial charge in [-0.3, -0.25) is 9.69 Å². The van der Waals surface area contributed by atoms with Crippen molar-refractivity contribution in [2.75, 3.05) is 10.7 Å². The first-order valence-corrected chi connectivity index (χ1v) is 8.88. The van der Waals surface area contributed by atoms with Crippen molar-refractivity contribution >= 4 is 46.6 Å². The maximum absolute atomic E-state index is 12.3. The zero-order valence-electron chi connectivity index (χ0n) is 12.1. The smallest absolute Gasteiger partial charge is 0.238 e. The molecule has 0 N–H and O–H groups in total. The predicted octanol–water partition coefficient (Wildman–Crippen LogP) is 5.33. The second-order valence-corrected chi connectivity index (χ2v) is 7.03. The van der Waals surface area contributed by atoms with Crippen molar-refractivity contribution in [3.05, 3.63) is 63.6 Å². The van der Waals surface area contributed by atoms with Gasteiger partial charge in [-0.1, -0.05) is 48.3 Å². The van der Waals surface area contributed by atoms with Gasteiger partial charge in [-0.25, -0.2) is 0 Å². The molecule has 1 amide bonds. The highest BCUT2D eigenvalue weighted by Gasteiger charge is 2.35. The molecule has 2 nitrogen and oxygen atoms in total. The fourth-order valence-corrected chi connectivity index (χ4v) is 4.32. The molecule has 2 aromatic carbocycles. The number of halogens is 2. The van der Waals surface area contributed by atoms with Crippen LogP contribution in [0.15, 0.2) is 42.5 Å². The van der Waals surface area contributed by atoms with Gasteiger partial charge in [0, 0.05) is 21.3 Å². The van der Waals surface area contributed by atoms with Crippen LogP contribution in [0.1, 0.15) is 23.4 Å². The van der Waals surface area contributed by atoms with E-state index in [0.29, 0.717) is 15.8 Å². The summed E-state index contributed by atoms with van der Waals surface area (Å²) in [6.45, 7) is 2.11. The number of carbonyl (C=O) groups excluding carboxylic acids is 1. The van der Waals surface area contributed by atoms with Crippen molar-refractivity contribution in [3.63, 3.8) is 0 Å². The third-order valence-electron chi connectivity index (χ3n) is 3.72. The van der Waals surface area contributed by atoms with Crippen LogP contribution in [0, 0.1) is 0 Å². The van der Waals surface area contributed by atoms with Crippen molar-refractivity contribution in [3.8, 4) is 0 Å². The lowest BCUT2D eigenvalue weighted by molar-refractivity contribution is -0.115. The highest BCUT2D eigenvalue weighted by Crippen LogP contribution is 2.44. The number of amides is 1. The molecule has 22 heavy (non-hydrogen) atoms. The lowest BCUT2D eigenvalue weighted by Crippen LogP contribution is -2.27. The SMILES string of the molecule is CCc1ccc(N2C(=O)CSC2c2ccc(Cl)cc2Cl)cc1. The van der Waals surface area contributed by atoms with Gasteiger partial charge in [-0.05, 0) is 36.2 Å². The lowest BCUT2D eigenvalue weighted by atomic mass is 10.1. The van der Waals surface area contributed by atoms with Crippen LogP contribution < -0.4 is 4.90 Å². The van der Waals surface area contributed by atoms with E-state index in [-0.39, 0.29) is 11.3 Å². The molecule has 0 aliphatic carbocycles. The van der Waals surface area contributed by atoms with E-state index < -0.39 is 0 Å². The first kappa shape index (κ1) is 15.7. The minimum absolute atomic E-state index is 0.102. The van der Waals surface area contributed by atoms with E-state index in [1.807, 2.05) is 29.2 Å². The van der Waals surface area contributed by atoms with Crippen molar-refractivity contribution in [1.82, 2.24) is 0 Å². The highest BCUT2D eigenvalue weighted by atomic mass is 35.5. The zero-order chi connectivity index (χ0) is 15.7. The molecule has 0 radical (unpaired) electrons. The maximum atomic E-state index is 12.3. The average molecular weight is 352 g/mol. The zero-order valence-corrected chi connectivity index (χ0v) is 14.4. The molecule has 1 fully saturated rings. The summed E-state index contributed by atoms with van der Waals surface area (Å²) in [5.74, 6) is 0.560. The highest BCUT2D eigenvalue weighted by molar-refractivity contribution is 8.00. The van der Waals surface area contributed by atoms with Crippen molar-refractivity contribution in [2.45, 2.75) is 18.7 Å². The molecule has 0 saturated carbocycles. The molecule has 114 valence electrons. The van der Waals surface area contributed by atoms with Crippen LogP contribution in [0.4, 0.5) is 5.69 Å². The number of hydrogen-bond donors (Lipinski definition) is 0. The average Bonchev–Trinajstić information content (AvgIpc) is 2.89. The van der Waals surface area contributed by atoms with E-state index in [1.54, 1.807) is 17.8 Å². The number of thioether (sulfide) groups is 1. The molecule has 2 aromatic rings. The molecule has 3 rings (SSSR count). The van der Waals surface area contributed by atoms with E-state index in [0.717, 1.165) is 17.7 Å². The number of carbonyl (C=O) groups is 1. The summed E-state index contributed by atoms with van der Waals surface area (Å²) in [5, 5.41) is 1.08. The number of aryl methyl sites for hydroxylation is 1. The van der Waals surface area contributed by atoms with E-state index in [1.165, 1.54) is 5.56 Å². The normalized spacial score (nSPS) is 18.0. The Bertz CT molecular complexity index is 702. The summed E-state index contributed by atoms with van der Waals surface area (Å²) in [6.07, 6.45) is 0.982. The van der Waals surface area contributed by atoms with Gasteiger partial charge < -0.3 is 0 Å². The topological polar surface area (TPSA) is 20.3 Å². The van der Waals surface area contributed by atoms with E-state index in [4.69, 9.17) is 23.2 Å². The lowest BCUT2D eigenvalue weighted by Gasteiger charge is -2.25. The molecule has 0 aromatic heterocycles. The van der Waals surface area contributed by atoms with Crippen molar-refractivity contribution < 1.29 is 4.79 Å². The van der Waals surface area contributed by atoms with Gasteiger partial charge in [-0.15, -0.1) is 11.8 Å². The third kappa shape index (κ3) is 2.98. The number of hydrogen-bond acceptors (Lipinski definition) is 2. The van der Waals surface area contributed by atoms with Gasteiger partial charge in [0.05, 0.1) is 5.75 Å². The Hall–Kier alpha value is -1.16. The Labute approximate surface area is 144 Å². The Morgan fingerprint density at radius 3 is 2.55 bits per heavy atom. The van der Waals surface area contributed by atoms with E-state index in [2.05, 4.69) is 19.1 Å². The van der Waals surface area contributed by atoms with Crippen LogP contribution in [0.3, 0.4) is 0 Å². The van der Waals surface area contributed by atoms with Crippen molar-refractivity contribution in [2.24, 2.45) is 0 Å². The Morgan fingerprint density at radius 2 is 1.91 bits per heavy atom. The van der Waals surface area contributed by atoms with Crippen LogP contribution in [0.2, 0.25) is 10.0 Å². The van der Waals surface area contributed by atoms with Gasteiger partial charge in [0.1, 0.15) is 5.37 Å². The Morgan fingerprint density at radius 1 is 1.18 bits per heavy atom. The van der Waals surface area contributed by atoms with Gasteiger partial charge in [0.2, 0.25) is 5.91 Å².